The van der Waals surface area contributed by atoms with Gasteiger partial charge in [-0.1, -0.05) is 12.1 Å². The van der Waals surface area contributed by atoms with Crippen LogP contribution in [0.15, 0.2) is 24.3 Å². The molecule has 6 nitrogen and oxygen atoms in total. The summed E-state index contributed by atoms with van der Waals surface area (Å²) < 4.78 is 5.28. The van der Waals surface area contributed by atoms with Gasteiger partial charge >= 0.3 is 0 Å². The molecule has 23 heavy (non-hydrogen) atoms. The topological polar surface area (TPSA) is 56.2 Å². The standard InChI is InChI=1S/C17H25N3O3/c1-18-7-9-19(10-8-18)14-11-20(12-15(14)21)17(22)13-5-3-4-6-16(13)23-2/h3-6,14-15,21H,7-12H2,1-2H3/t14-,15-/m1/s1. The Balaban J connectivity index is 1.69. The molecule has 0 radical (unpaired) electrons. The van der Waals surface area contributed by atoms with Gasteiger partial charge in [-0.25, -0.2) is 0 Å². The lowest BCUT2D eigenvalue weighted by molar-refractivity contribution is 0.0512. The van der Waals surface area contributed by atoms with E-state index in [4.69, 9.17) is 4.74 Å². The van der Waals surface area contributed by atoms with Crippen molar-refractivity contribution in [2.75, 3.05) is 53.4 Å². The van der Waals surface area contributed by atoms with E-state index in [1.165, 1.54) is 0 Å². The van der Waals surface area contributed by atoms with Crippen LogP contribution in [0.3, 0.4) is 0 Å². The van der Waals surface area contributed by atoms with E-state index >= 15 is 0 Å². The van der Waals surface area contributed by atoms with Crippen LogP contribution in [-0.4, -0.2) is 91.3 Å². The van der Waals surface area contributed by atoms with Gasteiger partial charge in [0.15, 0.2) is 0 Å². The van der Waals surface area contributed by atoms with E-state index in [1.54, 1.807) is 24.1 Å². The normalized spacial score (nSPS) is 26.5. The molecule has 1 amide bonds. The van der Waals surface area contributed by atoms with Crippen molar-refractivity contribution in [2.45, 2.75) is 12.1 Å². The van der Waals surface area contributed by atoms with Gasteiger partial charge in [0.25, 0.3) is 5.91 Å². The van der Waals surface area contributed by atoms with Gasteiger partial charge in [0.05, 0.1) is 24.8 Å². The van der Waals surface area contributed by atoms with Crippen molar-refractivity contribution in [3.63, 3.8) is 0 Å². The first-order valence-electron chi connectivity index (χ1n) is 8.13. The zero-order valence-corrected chi connectivity index (χ0v) is 13.8. The molecule has 2 aliphatic rings. The monoisotopic (exact) mass is 319 g/mol. The number of methoxy groups -OCH3 is 1. The molecule has 2 fully saturated rings. The molecule has 0 aliphatic carbocycles. The van der Waals surface area contributed by atoms with E-state index in [2.05, 4.69) is 16.8 Å². The van der Waals surface area contributed by atoms with Crippen LogP contribution in [0.25, 0.3) is 0 Å². The number of ether oxygens (including phenoxy) is 1. The fourth-order valence-corrected chi connectivity index (χ4v) is 3.44. The summed E-state index contributed by atoms with van der Waals surface area (Å²) in [6, 6.07) is 7.28. The van der Waals surface area contributed by atoms with Crippen LogP contribution in [0, 0.1) is 0 Å². The summed E-state index contributed by atoms with van der Waals surface area (Å²) in [6.07, 6.45) is -0.489. The van der Waals surface area contributed by atoms with Crippen molar-refractivity contribution in [3.8, 4) is 5.75 Å². The van der Waals surface area contributed by atoms with Crippen LogP contribution < -0.4 is 4.74 Å². The second kappa shape index (κ2) is 6.86. The number of para-hydroxylation sites is 1. The Hall–Kier alpha value is -1.63. The summed E-state index contributed by atoms with van der Waals surface area (Å²) in [5.41, 5.74) is 0.557. The summed E-state index contributed by atoms with van der Waals surface area (Å²) in [4.78, 5) is 19.1. The van der Waals surface area contributed by atoms with Gasteiger partial charge in [-0.15, -0.1) is 0 Å². The molecule has 1 aromatic rings. The smallest absolute Gasteiger partial charge is 0.257 e. The average molecular weight is 319 g/mol. The molecule has 2 heterocycles. The third-order valence-corrected chi connectivity index (χ3v) is 4.89. The van der Waals surface area contributed by atoms with E-state index in [-0.39, 0.29) is 11.9 Å². The van der Waals surface area contributed by atoms with Crippen molar-refractivity contribution in [1.29, 1.82) is 0 Å². The maximum Gasteiger partial charge on any atom is 0.257 e. The lowest BCUT2D eigenvalue weighted by atomic mass is 10.1. The molecule has 1 aromatic carbocycles. The fourth-order valence-electron chi connectivity index (χ4n) is 3.44. The van der Waals surface area contributed by atoms with Gasteiger partial charge in [0, 0.05) is 39.3 Å². The number of carbonyl (C=O) groups excluding carboxylic acids is 1. The van der Waals surface area contributed by atoms with Gasteiger partial charge in [0.1, 0.15) is 5.75 Å². The van der Waals surface area contributed by atoms with Crippen LogP contribution in [0.5, 0.6) is 5.75 Å². The van der Waals surface area contributed by atoms with E-state index < -0.39 is 6.10 Å². The number of rotatable bonds is 3. The first-order chi connectivity index (χ1) is 11.1. The van der Waals surface area contributed by atoms with Crippen LogP contribution in [-0.2, 0) is 0 Å². The molecule has 1 N–H and O–H groups in total. The number of hydrogen-bond acceptors (Lipinski definition) is 5. The van der Waals surface area contributed by atoms with Crippen LogP contribution in [0.2, 0.25) is 0 Å². The molecule has 2 saturated heterocycles. The van der Waals surface area contributed by atoms with Crippen molar-refractivity contribution in [1.82, 2.24) is 14.7 Å². The molecule has 126 valence electrons. The molecule has 2 aliphatic heterocycles. The first kappa shape index (κ1) is 16.2. The Bertz CT molecular complexity index is 558. The minimum atomic E-state index is -0.489. The maximum atomic E-state index is 12.8. The summed E-state index contributed by atoms with van der Waals surface area (Å²) in [6.45, 7) is 4.84. The predicted octanol–water partition coefficient (Wildman–Crippen LogP) is 0.128. The number of β-amino-alcohol motifs (C(OH)–C–C–N with tert-alkyl or cyclic N) is 1. The fraction of sp³-hybridized carbons (Fsp3) is 0.588. The Morgan fingerprint density at radius 1 is 1.17 bits per heavy atom. The SMILES string of the molecule is COc1ccccc1C(=O)N1C[C@@H](O)[C@H](N2CCN(C)CC2)C1. The quantitative estimate of drug-likeness (QED) is 0.858. The number of nitrogens with zero attached hydrogens (tertiary/aromatic N) is 3. The number of carbonyl (C=O) groups is 1. The highest BCUT2D eigenvalue weighted by atomic mass is 16.5. The molecule has 0 bridgehead atoms. The van der Waals surface area contributed by atoms with Crippen molar-refractivity contribution in [2.24, 2.45) is 0 Å². The molecule has 0 saturated carbocycles. The second-order valence-corrected chi connectivity index (χ2v) is 6.38. The van der Waals surface area contributed by atoms with Gasteiger partial charge in [0.2, 0.25) is 0 Å². The van der Waals surface area contributed by atoms with Gasteiger partial charge in [-0.05, 0) is 19.2 Å². The molecule has 0 unspecified atom stereocenters. The number of amides is 1. The van der Waals surface area contributed by atoms with Gasteiger partial charge in [-0.3, -0.25) is 9.69 Å². The average Bonchev–Trinajstić information content (AvgIpc) is 2.96. The first-order valence-corrected chi connectivity index (χ1v) is 8.13. The molecular weight excluding hydrogens is 294 g/mol. The number of likely N-dealkylation sites (N-methyl/N-ethyl adjacent to an activating group) is 1. The minimum absolute atomic E-state index is 0.0300. The summed E-state index contributed by atoms with van der Waals surface area (Å²) in [7, 11) is 3.68. The number of hydrogen-bond donors (Lipinski definition) is 1. The van der Waals surface area contributed by atoms with Gasteiger partial charge in [-0.2, -0.15) is 0 Å². The second-order valence-electron chi connectivity index (χ2n) is 6.38. The predicted molar refractivity (Wildman–Crippen MR) is 87.8 cm³/mol. The van der Waals surface area contributed by atoms with Crippen LogP contribution in [0.1, 0.15) is 10.4 Å². The van der Waals surface area contributed by atoms with E-state index in [1.807, 2.05) is 12.1 Å². The van der Waals surface area contributed by atoms with E-state index in [0.717, 1.165) is 26.2 Å². The molecule has 3 rings (SSSR count). The third kappa shape index (κ3) is 3.34. The highest BCUT2D eigenvalue weighted by Gasteiger charge is 2.39. The lowest BCUT2D eigenvalue weighted by Crippen LogP contribution is -2.52. The summed E-state index contributed by atoms with van der Waals surface area (Å²) >= 11 is 0. The minimum Gasteiger partial charge on any atom is -0.496 e. The van der Waals surface area contributed by atoms with E-state index in [0.29, 0.717) is 24.4 Å². The summed E-state index contributed by atoms with van der Waals surface area (Å²) in [5, 5.41) is 10.4. The Labute approximate surface area is 137 Å². The number of likely N-dealkylation sites (tertiary alicyclic amines) is 1. The number of aliphatic hydroxyl groups excluding tert-OH is 1. The largest absolute Gasteiger partial charge is 0.496 e. The Morgan fingerprint density at radius 3 is 2.57 bits per heavy atom. The Kier molecular flexibility index (Phi) is 4.84. The zero-order chi connectivity index (χ0) is 16.4. The summed E-state index contributed by atoms with van der Waals surface area (Å²) in [5.74, 6) is 0.508. The lowest BCUT2D eigenvalue weighted by Gasteiger charge is -2.37. The Morgan fingerprint density at radius 2 is 1.87 bits per heavy atom. The molecule has 0 spiro atoms. The number of piperazine rings is 1. The van der Waals surface area contributed by atoms with Crippen molar-refractivity contribution >= 4 is 5.91 Å². The molecule has 6 heteroatoms. The van der Waals surface area contributed by atoms with Crippen LogP contribution >= 0.6 is 0 Å². The number of aliphatic hydroxyl groups is 1. The third-order valence-electron chi connectivity index (χ3n) is 4.89. The van der Waals surface area contributed by atoms with Crippen molar-refractivity contribution < 1.29 is 14.6 Å². The van der Waals surface area contributed by atoms with E-state index in [9.17, 15) is 9.90 Å². The molecular formula is C17H25N3O3. The highest BCUT2D eigenvalue weighted by Crippen LogP contribution is 2.24. The molecule has 2 atom stereocenters. The maximum absolute atomic E-state index is 12.8. The van der Waals surface area contributed by atoms with Crippen LogP contribution in [0.4, 0.5) is 0 Å². The van der Waals surface area contributed by atoms with Crippen molar-refractivity contribution in [3.05, 3.63) is 29.8 Å². The molecule has 0 aromatic heterocycles. The highest BCUT2D eigenvalue weighted by molar-refractivity contribution is 5.97. The zero-order valence-electron chi connectivity index (χ0n) is 13.8. The number of benzene rings is 1. The van der Waals surface area contributed by atoms with Gasteiger partial charge < -0.3 is 19.6 Å².